The van der Waals surface area contributed by atoms with Gasteiger partial charge in [-0.2, -0.15) is 5.10 Å². The van der Waals surface area contributed by atoms with E-state index in [2.05, 4.69) is 89.4 Å². The third kappa shape index (κ3) is 5.10. The lowest BCUT2D eigenvalue weighted by Crippen LogP contribution is -2.27. The Bertz CT molecular complexity index is 1280. The van der Waals surface area contributed by atoms with Crippen LogP contribution >= 0.6 is 0 Å². The average molecular weight is 477 g/mol. The Kier molecular flexibility index (Phi) is 7.27. The number of benzene rings is 2. The molecule has 36 heavy (non-hydrogen) atoms. The van der Waals surface area contributed by atoms with Gasteiger partial charge in [-0.05, 0) is 79.9 Å². The van der Waals surface area contributed by atoms with Gasteiger partial charge in [0, 0.05) is 30.9 Å². The SMILES string of the molecule is CCN(CC)c1ccc(C2C(Cc3ccccc3)C(C=Cc3ccco3)=NN2c2ccccn2)cc1. The fraction of sp³-hybridized carbons (Fsp3) is 0.226. The number of furan rings is 1. The zero-order chi connectivity index (χ0) is 24.7. The first-order chi connectivity index (χ1) is 17.8. The number of nitrogens with zero attached hydrogens (tertiary/aromatic N) is 4. The summed E-state index contributed by atoms with van der Waals surface area (Å²) in [4.78, 5) is 7.03. The maximum absolute atomic E-state index is 5.55. The van der Waals surface area contributed by atoms with Gasteiger partial charge < -0.3 is 9.32 Å². The van der Waals surface area contributed by atoms with E-state index in [1.165, 1.54) is 16.8 Å². The van der Waals surface area contributed by atoms with Gasteiger partial charge in [0.2, 0.25) is 0 Å². The Morgan fingerprint density at radius 2 is 1.64 bits per heavy atom. The number of hydrogen-bond donors (Lipinski definition) is 0. The topological polar surface area (TPSA) is 44.9 Å². The van der Waals surface area contributed by atoms with Crippen molar-refractivity contribution in [3.05, 3.63) is 120 Å². The smallest absolute Gasteiger partial charge is 0.149 e. The highest BCUT2D eigenvalue weighted by molar-refractivity contribution is 6.02. The molecule has 0 saturated carbocycles. The molecule has 0 bridgehead atoms. The highest BCUT2D eigenvalue weighted by Crippen LogP contribution is 2.41. The lowest BCUT2D eigenvalue weighted by molar-refractivity contribution is 0.544. The van der Waals surface area contributed by atoms with Crippen LogP contribution in [0, 0.1) is 5.92 Å². The van der Waals surface area contributed by atoms with Crippen LogP contribution in [0.1, 0.15) is 36.8 Å². The molecule has 0 aliphatic carbocycles. The monoisotopic (exact) mass is 476 g/mol. The van der Waals surface area contributed by atoms with Gasteiger partial charge in [-0.1, -0.05) is 48.5 Å². The summed E-state index contributed by atoms with van der Waals surface area (Å²) in [5.41, 5.74) is 4.76. The number of hydrogen-bond acceptors (Lipinski definition) is 5. The van der Waals surface area contributed by atoms with Crippen molar-refractivity contribution in [2.24, 2.45) is 11.0 Å². The molecule has 1 aliphatic rings. The Hall–Kier alpha value is -4.12. The first kappa shape index (κ1) is 23.6. The van der Waals surface area contributed by atoms with Gasteiger partial charge in [0.1, 0.15) is 11.6 Å². The summed E-state index contributed by atoms with van der Waals surface area (Å²) in [6, 6.07) is 29.5. The molecule has 2 aromatic heterocycles. The normalized spacial score (nSPS) is 17.5. The minimum absolute atomic E-state index is 0.0158. The predicted molar refractivity (Wildman–Crippen MR) is 148 cm³/mol. The summed E-state index contributed by atoms with van der Waals surface area (Å²) in [6.45, 7) is 6.36. The van der Waals surface area contributed by atoms with Gasteiger partial charge in [0.05, 0.1) is 18.0 Å². The molecule has 0 N–H and O–H groups in total. The molecule has 4 aromatic rings. The second-order valence-electron chi connectivity index (χ2n) is 8.91. The van der Waals surface area contributed by atoms with Crippen molar-refractivity contribution in [2.45, 2.75) is 26.3 Å². The molecule has 0 spiro atoms. The van der Waals surface area contributed by atoms with E-state index in [0.29, 0.717) is 0 Å². The molecule has 2 unspecified atom stereocenters. The van der Waals surface area contributed by atoms with E-state index in [4.69, 9.17) is 9.52 Å². The van der Waals surface area contributed by atoms with Crippen molar-refractivity contribution in [3.63, 3.8) is 0 Å². The summed E-state index contributed by atoms with van der Waals surface area (Å²) in [7, 11) is 0. The number of pyridine rings is 1. The summed E-state index contributed by atoms with van der Waals surface area (Å²) in [5, 5.41) is 7.22. The molecule has 0 saturated heterocycles. The first-order valence-corrected chi connectivity index (χ1v) is 12.7. The largest absolute Gasteiger partial charge is 0.465 e. The number of aromatic nitrogens is 1. The van der Waals surface area contributed by atoms with Crippen LogP contribution in [-0.4, -0.2) is 23.8 Å². The lowest BCUT2D eigenvalue weighted by atomic mass is 9.84. The van der Waals surface area contributed by atoms with Crippen LogP contribution in [0.25, 0.3) is 6.08 Å². The Morgan fingerprint density at radius 1 is 0.861 bits per heavy atom. The van der Waals surface area contributed by atoms with Gasteiger partial charge in [-0.15, -0.1) is 0 Å². The van der Waals surface area contributed by atoms with Crippen LogP contribution in [0.3, 0.4) is 0 Å². The standard InChI is InChI=1S/C31H32N4O/c1-3-34(4-2)26-17-15-25(16-18-26)31-28(23-24-11-6-5-7-12-24)29(20-19-27-13-10-22-36-27)33-35(31)30-14-8-9-21-32-30/h5-22,28,31H,3-4,23H2,1-2H3. The maximum atomic E-state index is 5.55. The fourth-order valence-electron chi connectivity index (χ4n) is 4.92. The minimum Gasteiger partial charge on any atom is -0.465 e. The summed E-state index contributed by atoms with van der Waals surface area (Å²) >= 11 is 0. The first-order valence-electron chi connectivity index (χ1n) is 12.7. The fourth-order valence-corrected chi connectivity index (χ4v) is 4.92. The number of allylic oxidation sites excluding steroid dienone is 1. The molecule has 0 fully saturated rings. The van der Waals surface area contributed by atoms with Gasteiger partial charge in [-0.25, -0.2) is 9.99 Å². The number of hydrazone groups is 1. The van der Waals surface area contributed by atoms with Crippen molar-refractivity contribution in [1.82, 2.24) is 4.98 Å². The quantitative estimate of drug-likeness (QED) is 0.261. The minimum atomic E-state index is 0.0158. The van der Waals surface area contributed by atoms with Crippen LogP contribution in [-0.2, 0) is 6.42 Å². The Labute approximate surface area is 213 Å². The van der Waals surface area contributed by atoms with Crippen molar-refractivity contribution in [3.8, 4) is 0 Å². The van der Waals surface area contributed by atoms with Gasteiger partial charge >= 0.3 is 0 Å². The van der Waals surface area contributed by atoms with E-state index in [9.17, 15) is 0 Å². The summed E-state index contributed by atoms with van der Waals surface area (Å²) in [6.07, 6.45) is 8.48. The van der Waals surface area contributed by atoms with Crippen molar-refractivity contribution in [2.75, 3.05) is 23.0 Å². The summed E-state index contributed by atoms with van der Waals surface area (Å²) in [5.74, 6) is 1.79. The molecular weight excluding hydrogens is 444 g/mol. The number of anilines is 2. The molecule has 0 amide bonds. The highest BCUT2D eigenvalue weighted by atomic mass is 16.3. The van der Waals surface area contributed by atoms with Gasteiger partial charge in [0.25, 0.3) is 0 Å². The maximum Gasteiger partial charge on any atom is 0.149 e. The molecule has 2 aromatic carbocycles. The third-order valence-electron chi connectivity index (χ3n) is 6.75. The van der Waals surface area contributed by atoms with Gasteiger partial charge in [-0.3, -0.25) is 0 Å². The lowest BCUT2D eigenvalue weighted by Gasteiger charge is -2.29. The molecule has 5 rings (SSSR count). The average Bonchev–Trinajstić information content (AvgIpc) is 3.58. The van der Waals surface area contributed by atoms with Crippen molar-refractivity contribution >= 4 is 23.3 Å². The molecule has 0 radical (unpaired) electrons. The zero-order valence-electron chi connectivity index (χ0n) is 20.9. The van der Waals surface area contributed by atoms with E-state index in [-0.39, 0.29) is 12.0 Å². The van der Waals surface area contributed by atoms with E-state index >= 15 is 0 Å². The Balaban J connectivity index is 1.57. The highest BCUT2D eigenvalue weighted by Gasteiger charge is 2.38. The van der Waals surface area contributed by atoms with E-state index in [1.54, 1.807) is 6.26 Å². The summed E-state index contributed by atoms with van der Waals surface area (Å²) < 4.78 is 5.55. The second kappa shape index (κ2) is 11.1. The molecule has 5 heteroatoms. The van der Waals surface area contributed by atoms with Crippen molar-refractivity contribution in [1.29, 1.82) is 0 Å². The van der Waals surface area contributed by atoms with E-state index in [1.807, 2.05) is 42.6 Å². The van der Waals surface area contributed by atoms with Crippen LogP contribution in [0.4, 0.5) is 11.5 Å². The van der Waals surface area contributed by atoms with Crippen LogP contribution < -0.4 is 9.91 Å². The number of rotatable bonds is 9. The van der Waals surface area contributed by atoms with E-state index < -0.39 is 0 Å². The van der Waals surface area contributed by atoms with Crippen LogP contribution in [0.2, 0.25) is 0 Å². The molecular formula is C31H32N4O. The molecule has 1 aliphatic heterocycles. The zero-order valence-corrected chi connectivity index (χ0v) is 20.9. The predicted octanol–water partition coefficient (Wildman–Crippen LogP) is 7.01. The Morgan fingerprint density at radius 3 is 2.31 bits per heavy atom. The molecule has 2 atom stereocenters. The van der Waals surface area contributed by atoms with E-state index in [0.717, 1.165) is 36.8 Å². The molecule has 3 heterocycles. The van der Waals surface area contributed by atoms with Crippen LogP contribution in [0.15, 0.2) is 113 Å². The van der Waals surface area contributed by atoms with Gasteiger partial charge in [0.15, 0.2) is 0 Å². The molecule has 5 nitrogen and oxygen atoms in total. The van der Waals surface area contributed by atoms with Crippen LogP contribution in [0.5, 0.6) is 0 Å². The molecule has 182 valence electrons. The second-order valence-corrected chi connectivity index (χ2v) is 8.91. The van der Waals surface area contributed by atoms with Crippen molar-refractivity contribution < 1.29 is 4.42 Å². The third-order valence-corrected chi connectivity index (χ3v) is 6.75.